The minimum atomic E-state index is -3.81. The van der Waals surface area contributed by atoms with E-state index in [1.165, 1.54) is 45.4 Å². The van der Waals surface area contributed by atoms with Crippen LogP contribution < -0.4 is 20.3 Å². The Kier molecular flexibility index (Phi) is 10.5. The van der Waals surface area contributed by atoms with Gasteiger partial charge in [0.05, 0.1) is 33.4 Å². The lowest BCUT2D eigenvalue weighted by molar-refractivity contribution is -0.120. The van der Waals surface area contributed by atoms with Gasteiger partial charge in [0, 0.05) is 57.1 Å². The Morgan fingerprint density at radius 3 is 2.47 bits per heavy atom. The van der Waals surface area contributed by atoms with E-state index >= 15 is 0 Å². The van der Waals surface area contributed by atoms with Gasteiger partial charge in [-0.25, -0.2) is 23.2 Å². The largest absolute Gasteiger partial charge is 0.488 e. The summed E-state index contributed by atoms with van der Waals surface area (Å²) in [5.41, 5.74) is 2.42. The van der Waals surface area contributed by atoms with Crippen molar-refractivity contribution in [2.75, 3.05) is 49.5 Å². The highest BCUT2D eigenvalue weighted by molar-refractivity contribution is 7.89. The molecule has 7 rings (SSSR count). The van der Waals surface area contributed by atoms with Crippen LogP contribution in [-0.2, 0) is 21.9 Å². The molecule has 17 heteroatoms. The quantitative estimate of drug-likeness (QED) is 0.236. The summed E-state index contributed by atoms with van der Waals surface area (Å²) < 4.78 is 36.8. The van der Waals surface area contributed by atoms with E-state index in [1.807, 2.05) is 20.0 Å². The second-order valence-electron chi connectivity index (χ2n) is 13.8. The summed E-state index contributed by atoms with van der Waals surface area (Å²) in [5.74, 6) is 1.32. The highest BCUT2D eigenvalue weighted by Crippen LogP contribution is 2.34. The number of aryl methyl sites for hydroxylation is 1. The van der Waals surface area contributed by atoms with Gasteiger partial charge < -0.3 is 10.1 Å². The van der Waals surface area contributed by atoms with E-state index in [-0.39, 0.29) is 40.7 Å². The number of fused-ring (bicyclic) bond motifs is 1. The van der Waals surface area contributed by atoms with Gasteiger partial charge in [0.25, 0.3) is 0 Å². The molecule has 3 fully saturated rings. The molecule has 3 saturated heterocycles. The van der Waals surface area contributed by atoms with Crippen molar-refractivity contribution in [1.29, 1.82) is 5.26 Å². The number of ether oxygens (including phenoxy) is 1. The lowest BCUT2D eigenvalue weighted by atomic mass is 9.89. The Hall–Kier alpha value is -4.82. The molecule has 0 spiro atoms. The summed E-state index contributed by atoms with van der Waals surface area (Å²) in [6.45, 7) is 5.20. The van der Waals surface area contributed by atoms with Crippen LogP contribution in [0.15, 0.2) is 53.7 Å². The smallest absolute Gasteiger partial charge is 0.329 e. The average molecular weight is 761 g/mol. The maximum atomic E-state index is 13.7. The normalized spacial score (nSPS) is 18.9. The number of piperidine rings is 2. The first kappa shape index (κ1) is 36.5. The van der Waals surface area contributed by atoms with Crippen molar-refractivity contribution in [2.45, 2.75) is 62.0 Å². The lowest BCUT2D eigenvalue weighted by Crippen LogP contribution is -2.49. The molecule has 3 aliphatic rings. The number of hydrogen-bond donors (Lipinski definition) is 2. The molecule has 0 aliphatic carbocycles. The molecular weight excluding hydrogens is 720 g/mol. The Labute approximate surface area is 312 Å². The molecule has 1 atom stereocenters. The molecule has 5 heterocycles. The molecule has 278 valence electrons. The van der Waals surface area contributed by atoms with Crippen LogP contribution in [-0.4, -0.2) is 101 Å². The van der Waals surface area contributed by atoms with Crippen LogP contribution in [0.4, 0.5) is 16.6 Å². The topological polar surface area (TPSA) is 179 Å². The van der Waals surface area contributed by atoms with Crippen molar-refractivity contribution < 1.29 is 22.7 Å². The van der Waals surface area contributed by atoms with Crippen molar-refractivity contribution >= 4 is 56.2 Å². The maximum Gasteiger partial charge on any atom is 0.329 e. The zero-order chi connectivity index (χ0) is 37.3. The molecule has 2 aromatic carbocycles. The number of urea groups is 1. The molecule has 0 unspecified atom stereocenters. The number of hydrogen-bond acceptors (Lipinski definition) is 11. The van der Waals surface area contributed by atoms with E-state index < -0.39 is 16.1 Å². The third-order valence-electron chi connectivity index (χ3n) is 10.2. The number of carbonyl (C=O) groups is 2. The van der Waals surface area contributed by atoms with Crippen LogP contribution in [0, 0.1) is 11.3 Å². The first-order valence-corrected chi connectivity index (χ1v) is 19.6. The molecule has 2 aromatic heterocycles. The van der Waals surface area contributed by atoms with Crippen molar-refractivity contribution in [1.82, 2.24) is 34.3 Å². The minimum absolute atomic E-state index is 0.0246. The van der Waals surface area contributed by atoms with Crippen LogP contribution >= 0.6 is 11.6 Å². The number of imide groups is 1. The Morgan fingerprint density at radius 2 is 1.77 bits per heavy atom. The fourth-order valence-electron chi connectivity index (χ4n) is 7.35. The van der Waals surface area contributed by atoms with Crippen molar-refractivity contribution in [3.05, 3.63) is 64.9 Å². The highest BCUT2D eigenvalue weighted by Gasteiger charge is 2.32. The predicted molar refractivity (Wildman–Crippen MR) is 198 cm³/mol. The fraction of sp³-hybridized carbons (Fsp3) is 0.444. The van der Waals surface area contributed by atoms with Crippen LogP contribution in [0.2, 0.25) is 5.02 Å². The van der Waals surface area contributed by atoms with Crippen molar-refractivity contribution in [2.24, 2.45) is 7.05 Å². The van der Waals surface area contributed by atoms with E-state index in [4.69, 9.17) is 16.3 Å². The minimum Gasteiger partial charge on any atom is -0.488 e. The Bertz CT molecular complexity index is 2160. The molecule has 2 N–H and O–H groups in total. The van der Waals surface area contributed by atoms with E-state index in [2.05, 4.69) is 48.8 Å². The second-order valence-corrected chi connectivity index (χ2v) is 16.2. The summed E-state index contributed by atoms with van der Waals surface area (Å²) >= 11 is 5.88. The Balaban J connectivity index is 0.939. The molecule has 0 saturated carbocycles. The van der Waals surface area contributed by atoms with Gasteiger partial charge in [-0.15, -0.1) is 0 Å². The van der Waals surface area contributed by atoms with Gasteiger partial charge in [-0.05, 0) is 81.4 Å². The number of anilines is 2. The van der Waals surface area contributed by atoms with E-state index in [0.29, 0.717) is 61.7 Å². The number of likely N-dealkylation sites (tertiary alicyclic amines) is 1. The molecule has 3 aliphatic heterocycles. The molecule has 0 radical (unpaired) electrons. The maximum absolute atomic E-state index is 13.7. The molecule has 15 nitrogen and oxygen atoms in total. The first-order valence-electron chi connectivity index (χ1n) is 17.7. The predicted octanol–water partition coefficient (Wildman–Crippen LogP) is 4.25. The van der Waals surface area contributed by atoms with Crippen molar-refractivity contribution in [3.8, 4) is 11.8 Å². The third-order valence-corrected chi connectivity index (χ3v) is 12.3. The van der Waals surface area contributed by atoms with E-state index in [1.54, 1.807) is 4.68 Å². The summed E-state index contributed by atoms with van der Waals surface area (Å²) in [6.07, 6.45) is 6.02. The van der Waals surface area contributed by atoms with Gasteiger partial charge >= 0.3 is 6.03 Å². The van der Waals surface area contributed by atoms with E-state index in [9.17, 15) is 23.3 Å². The lowest BCUT2D eigenvalue weighted by Gasteiger charge is -2.34. The Morgan fingerprint density at radius 1 is 1.04 bits per heavy atom. The average Bonchev–Trinajstić information content (AvgIpc) is 3.48. The number of carbonyl (C=O) groups excluding carboxylic acids is 2. The molecular formula is C36H41ClN10O5S. The number of halogens is 1. The second kappa shape index (κ2) is 15.3. The number of amides is 3. The summed E-state index contributed by atoms with van der Waals surface area (Å²) in [7, 11) is -1.96. The number of nitriles is 1. The summed E-state index contributed by atoms with van der Waals surface area (Å²) in [5, 5.41) is 21.3. The summed E-state index contributed by atoms with van der Waals surface area (Å²) in [6, 6.07) is 12.4. The van der Waals surface area contributed by atoms with E-state index in [0.717, 1.165) is 36.8 Å². The fourth-order valence-corrected chi connectivity index (χ4v) is 8.94. The number of benzene rings is 2. The third kappa shape index (κ3) is 7.93. The number of nitrogens with zero attached hydrogens (tertiary/aromatic N) is 8. The van der Waals surface area contributed by atoms with Gasteiger partial charge in [-0.1, -0.05) is 17.7 Å². The van der Waals surface area contributed by atoms with Gasteiger partial charge in [-0.2, -0.15) is 14.7 Å². The molecule has 0 bridgehead atoms. The number of nitrogens with one attached hydrogen (secondary N) is 2. The van der Waals surface area contributed by atoms with Gasteiger partial charge in [0.2, 0.25) is 21.9 Å². The molecule has 3 amide bonds. The zero-order valence-electron chi connectivity index (χ0n) is 29.5. The van der Waals surface area contributed by atoms with Crippen LogP contribution in [0.3, 0.4) is 0 Å². The highest BCUT2D eigenvalue weighted by atomic mass is 35.5. The monoisotopic (exact) mass is 760 g/mol. The van der Waals surface area contributed by atoms with Gasteiger partial charge in [0.15, 0.2) is 5.82 Å². The van der Waals surface area contributed by atoms with Crippen LogP contribution in [0.5, 0.6) is 5.75 Å². The summed E-state index contributed by atoms with van der Waals surface area (Å²) in [4.78, 5) is 36.4. The standard InChI is InChI=1S/C36H41ClN10O5S/c1-23(22-45-12-7-24(8-13-45)25-4-6-30-31(17-25)44(2)43-34(30)47-16-11-33(48)42-36(47)49)52-32-18-29(5-3-26(32)19-38)53(50,51)46-14-9-28(10-15-46)41-35-39-20-27(37)21-40-35/h3-6,17-18,20-21,23-24,28H,7-16,22H2,1-2H3,(H,39,40,41)(H,42,48,49)/t23-/m1/s1. The number of aromatic nitrogens is 4. The van der Waals surface area contributed by atoms with Gasteiger partial charge in [0.1, 0.15) is 17.9 Å². The van der Waals surface area contributed by atoms with Crippen molar-refractivity contribution in [3.63, 3.8) is 0 Å². The number of rotatable bonds is 10. The zero-order valence-corrected chi connectivity index (χ0v) is 31.1. The molecule has 53 heavy (non-hydrogen) atoms. The SMILES string of the molecule is C[C@H](CN1CCC(c2ccc3c(N4CCC(=O)NC4=O)nn(C)c3c2)CC1)Oc1cc(S(=O)(=O)N2CCC(Nc3ncc(Cl)cn3)CC2)ccc1C#N. The van der Waals surface area contributed by atoms with Crippen LogP contribution in [0.1, 0.15) is 56.1 Å². The molecule has 4 aromatic rings. The van der Waals surface area contributed by atoms with Gasteiger partial charge in [-0.3, -0.25) is 24.6 Å². The number of sulfonamides is 1. The van der Waals surface area contributed by atoms with Crippen LogP contribution in [0.25, 0.3) is 10.9 Å². The first-order chi connectivity index (χ1) is 25.5.